The van der Waals surface area contributed by atoms with Crippen LogP contribution in [0.5, 0.6) is 0 Å². The van der Waals surface area contributed by atoms with Crippen molar-refractivity contribution in [3.05, 3.63) is 12.4 Å². The highest BCUT2D eigenvalue weighted by molar-refractivity contribution is 6.46. The van der Waals surface area contributed by atoms with Gasteiger partial charge in [0.15, 0.2) is 0 Å². The van der Waals surface area contributed by atoms with Gasteiger partial charge in [0.05, 0.1) is 5.60 Å². The highest BCUT2D eigenvalue weighted by Gasteiger charge is 2.33. The molecule has 15 heavy (non-hydrogen) atoms. The van der Waals surface area contributed by atoms with E-state index in [2.05, 4.69) is 39.7 Å². The standard InChI is InChI=1S/C11H20BN2O/c1-10(2,3)11(4,5)15-12-9-7-13-14(6)8-9/h7-8H,1-6H3. The first-order valence-electron chi connectivity index (χ1n) is 5.22. The Kier molecular flexibility index (Phi) is 3.29. The first-order chi connectivity index (χ1) is 6.72. The van der Waals surface area contributed by atoms with Gasteiger partial charge < -0.3 is 4.65 Å². The van der Waals surface area contributed by atoms with Crippen molar-refractivity contribution < 1.29 is 4.65 Å². The Morgan fingerprint density at radius 3 is 2.27 bits per heavy atom. The fourth-order valence-electron chi connectivity index (χ4n) is 0.893. The second-order valence-corrected chi connectivity index (χ2v) is 5.44. The van der Waals surface area contributed by atoms with E-state index in [1.807, 2.05) is 13.2 Å². The lowest BCUT2D eigenvalue weighted by molar-refractivity contribution is 0.00504. The van der Waals surface area contributed by atoms with Gasteiger partial charge in [0.1, 0.15) is 0 Å². The summed E-state index contributed by atoms with van der Waals surface area (Å²) < 4.78 is 7.58. The molecule has 1 aromatic rings. The lowest BCUT2D eigenvalue weighted by Crippen LogP contribution is -2.42. The van der Waals surface area contributed by atoms with Crippen molar-refractivity contribution >= 4 is 12.9 Å². The Morgan fingerprint density at radius 1 is 1.27 bits per heavy atom. The van der Waals surface area contributed by atoms with Crippen LogP contribution < -0.4 is 5.46 Å². The average molecular weight is 207 g/mol. The molecule has 0 aromatic carbocycles. The zero-order valence-electron chi connectivity index (χ0n) is 10.5. The van der Waals surface area contributed by atoms with E-state index < -0.39 is 0 Å². The van der Waals surface area contributed by atoms with Gasteiger partial charge in [0.25, 0.3) is 0 Å². The average Bonchev–Trinajstić information content (AvgIpc) is 2.46. The highest BCUT2D eigenvalue weighted by Crippen LogP contribution is 2.32. The van der Waals surface area contributed by atoms with Gasteiger partial charge in [-0.1, -0.05) is 20.8 Å². The maximum Gasteiger partial charge on any atom is 0.333 e. The Balaban J connectivity index is 2.57. The van der Waals surface area contributed by atoms with Gasteiger partial charge >= 0.3 is 7.48 Å². The third-order valence-corrected chi connectivity index (χ3v) is 3.02. The molecule has 4 heteroatoms. The Hall–Kier alpha value is -0.765. The minimum absolute atomic E-state index is 0.103. The number of hydrogen-bond acceptors (Lipinski definition) is 2. The van der Waals surface area contributed by atoms with E-state index in [1.54, 1.807) is 18.4 Å². The van der Waals surface area contributed by atoms with Gasteiger partial charge in [-0.15, -0.1) is 0 Å². The number of nitrogens with zero attached hydrogens (tertiary/aromatic N) is 2. The predicted molar refractivity (Wildman–Crippen MR) is 63.2 cm³/mol. The molecule has 0 aliphatic rings. The third-order valence-electron chi connectivity index (χ3n) is 3.02. The van der Waals surface area contributed by atoms with Crippen molar-refractivity contribution in [3.8, 4) is 0 Å². The molecule has 0 unspecified atom stereocenters. The molecule has 0 saturated heterocycles. The molecule has 0 aliphatic carbocycles. The van der Waals surface area contributed by atoms with E-state index in [4.69, 9.17) is 4.65 Å². The van der Waals surface area contributed by atoms with Gasteiger partial charge in [0, 0.05) is 19.4 Å². The summed E-state index contributed by atoms with van der Waals surface area (Å²) in [5, 5.41) is 4.08. The lowest BCUT2D eigenvalue weighted by atomic mass is 9.77. The largest absolute Gasteiger partial charge is 0.429 e. The van der Waals surface area contributed by atoms with Gasteiger partial charge in [-0.2, -0.15) is 5.10 Å². The number of rotatable bonds is 3. The van der Waals surface area contributed by atoms with Crippen molar-refractivity contribution in [2.24, 2.45) is 12.5 Å². The molecular formula is C11H20BN2O. The fourth-order valence-corrected chi connectivity index (χ4v) is 0.893. The molecule has 0 amide bonds. The van der Waals surface area contributed by atoms with Crippen molar-refractivity contribution in [1.82, 2.24) is 9.78 Å². The molecule has 0 saturated carbocycles. The summed E-state index contributed by atoms with van der Waals surface area (Å²) in [5.74, 6) is 0. The van der Waals surface area contributed by atoms with Crippen LogP contribution in [0.15, 0.2) is 12.4 Å². The van der Waals surface area contributed by atoms with Crippen molar-refractivity contribution in [1.29, 1.82) is 0 Å². The molecule has 1 aromatic heterocycles. The van der Waals surface area contributed by atoms with E-state index in [0.29, 0.717) is 0 Å². The Labute approximate surface area is 93.1 Å². The molecule has 1 radical (unpaired) electrons. The quantitative estimate of drug-likeness (QED) is 0.702. The smallest absolute Gasteiger partial charge is 0.333 e. The van der Waals surface area contributed by atoms with Crippen molar-refractivity contribution in [2.75, 3.05) is 0 Å². The molecule has 0 aliphatic heterocycles. The van der Waals surface area contributed by atoms with E-state index >= 15 is 0 Å². The summed E-state index contributed by atoms with van der Waals surface area (Å²) in [6.45, 7) is 10.7. The Morgan fingerprint density at radius 2 is 1.87 bits per heavy atom. The molecule has 0 spiro atoms. The summed E-state index contributed by atoms with van der Waals surface area (Å²) in [5.41, 5.74) is 0.906. The van der Waals surface area contributed by atoms with E-state index in [0.717, 1.165) is 5.46 Å². The van der Waals surface area contributed by atoms with E-state index in [-0.39, 0.29) is 11.0 Å². The maximum absolute atomic E-state index is 5.81. The van der Waals surface area contributed by atoms with Gasteiger partial charge in [-0.05, 0) is 24.7 Å². The minimum Gasteiger partial charge on any atom is -0.429 e. The molecule has 1 heterocycles. The molecule has 3 nitrogen and oxygen atoms in total. The van der Waals surface area contributed by atoms with Crippen LogP contribution >= 0.6 is 0 Å². The van der Waals surface area contributed by atoms with Crippen LogP contribution in [0.25, 0.3) is 0 Å². The monoisotopic (exact) mass is 207 g/mol. The number of aryl methyl sites for hydroxylation is 1. The topological polar surface area (TPSA) is 27.1 Å². The van der Waals surface area contributed by atoms with Crippen LogP contribution in [-0.4, -0.2) is 22.9 Å². The van der Waals surface area contributed by atoms with Crippen LogP contribution in [0.3, 0.4) is 0 Å². The van der Waals surface area contributed by atoms with Crippen LogP contribution in [0, 0.1) is 5.41 Å². The summed E-state index contributed by atoms with van der Waals surface area (Å²) in [6.07, 6.45) is 3.72. The summed E-state index contributed by atoms with van der Waals surface area (Å²) in [4.78, 5) is 0. The van der Waals surface area contributed by atoms with E-state index in [1.165, 1.54) is 0 Å². The molecule has 0 bridgehead atoms. The summed E-state index contributed by atoms with van der Waals surface area (Å²) >= 11 is 0. The lowest BCUT2D eigenvalue weighted by Gasteiger charge is -2.39. The first kappa shape index (κ1) is 12.3. The van der Waals surface area contributed by atoms with Crippen LogP contribution in [-0.2, 0) is 11.7 Å². The summed E-state index contributed by atoms with van der Waals surface area (Å²) in [6, 6.07) is 0. The zero-order valence-corrected chi connectivity index (χ0v) is 10.5. The SMILES string of the molecule is Cn1cc([B]OC(C)(C)C(C)(C)C)cn1. The normalized spacial score (nSPS) is 12.9. The van der Waals surface area contributed by atoms with Gasteiger partial charge in [-0.25, -0.2) is 0 Å². The zero-order chi connectivity index (χ0) is 11.7. The van der Waals surface area contributed by atoms with Crippen molar-refractivity contribution in [2.45, 2.75) is 40.2 Å². The van der Waals surface area contributed by atoms with Crippen LogP contribution in [0.4, 0.5) is 0 Å². The second kappa shape index (κ2) is 4.01. The fraction of sp³-hybridized carbons (Fsp3) is 0.727. The molecule has 1 rings (SSSR count). The molecule has 83 valence electrons. The van der Waals surface area contributed by atoms with Crippen LogP contribution in [0.1, 0.15) is 34.6 Å². The number of aromatic nitrogens is 2. The Bertz CT molecular complexity index is 326. The van der Waals surface area contributed by atoms with E-state index in [9.17, 15) is 0 Å². The van der Waals surface area contributed by atoms with Gasteiger partial charge in [0.2, 0.25) is 0 Å². The molecule has 0 fully saturated rings. The number of hydrogen-bond donors (Lipinski definition) is 0. The molecule has 0 N–H and O–H groups in total. The third kappa shape index (κ3) is 3.09. The van der Waals surface area contributed by atoms with Crippen molar-refractivity contribution in [3.63, 3.8) is 0 Å². The molecular weight excluding hydrogens is 187 g/mol. The van der Waals surface area contributed by atoms with Gasteiger partial charge in [-0.3, -0.25) is 4.68 Å². The first-order valence-corrected chi connectivity index (χ1v) is 5.22. The minimum atomic E-state index is -0.192. The molecule has 0 atom stereocenters. The maximum atomic E-state index is 5.81. The summed E-state index contributed by atoms with van der Waals surface area (Å²) in [7, 11) is 3.67. The predicted octanol–water partition coefficient (Wildman–Crippen LogP) is 1.51. The highest BCUT2D eigenvalue weighted by atomic mass is 16.5. The second-order valence-electron chi connectivity index (χ2n) is 5.44. The van der Waals surface area contributed by atoms with Crippen LogP contribution in [0.2, 0.25) is 0 Å².